The summed E-state index contributed by atoms with van der Waals surface area (Å²) in [7, 11) is -1.76. The summed E-state index contributed by atoms with van der Waals surface area (Å²) in [5, 5.41) is 0.444. The van der Waals surface area contributed by atoms with Crippen LogP contribution in [0.5, 0.6) is 17.2 Å². The molecular weight excluding hydrogens is 758 g/mol. The van der Waals surface area contributed by atoms with Crippen LogP contribution in [0.3, 0.4) is 0 Å². The van der Waals surface area contributed by atoms with Crippen molar-refractivity contribution in [2.75, 3.05) is 19.4 Å². The molecule has 0 fully saturated rings. The number of esters is 1. The molecule has 5 aromatic carbocycles. The zero-order valence-corrected chi connectivity index (χ0v) is 33.6. The van der Waals surface area contributed by atoms with E-state index in [0.717, 1.165) is 16.0 Å². The van der Waals surface area contributed by atoms with Crippen molar-refractivity contribution in [1.82, 2.24) is 9.88 Å². The van der Waals surface area contributed by atoms with Crippen molar-refractivity contribution in [2.45, 2.75) is 46.4 Å². The summed E-state index contributed by atoms with van der Waals surface area (Å²) in [6.07, 6.45) is 0.163. The summed E-state index contributed by atoms with van der Waals surface area (Å²) in [6.45, 7) is 7.35. The summed E-state index contributed by atoms with van der Waals surface area (Å²) in [5.74, 6) is -1.38. The zero-order valence-electron chi connectivity index (χ0n) is 32.7. The molecule has 2 heterocycles. The smallest absolute Gasteiger partial charge is 0.335 e. The highest BCUT2D eigenvalue weighted by molar-refractivity contribution is 7.47. The standard InChI is InChI=1S/C44H38FN2O8P.C2H6/c1-3-51-44(50)29(2)54-56(55-34-18-11-6-12-19-34)27-26-52-40-35-20-13-25-46-38(35)41(53-39(31-14-7-4-8-15-31)32-16-9-5-10-17-32)37-36(40)42(48)47(43(37)49)28-30-21-23-33(45)24-22-30;1-2/h4-25,29,39H,3,26-28H2,1-2H3;1-2H3. The number of ether oxygens (including phenoxy) is 3. The Bertz CT molecular complexity index is 2280. The number of hydrogen-bond donors (Lipinski definition) is 0. The molecular formula is C46H44FN2O8P. The van der Waals surface area contributed by atoms with Crippen molar-refractivity contribution < 1.29 is 42.0 Å². The van der Waals surface area contributed by atoms with Gasteiger partial charge in [0.25, 0.3) is 11.8 Å². The summed E-state index contributed by atoms with van der Waals surface area (Å²) < 4.78 is 44.6. The fourth-order valence-corrected chi connectivity index (χ4v) is 7.60. The lowest BCUT2D eigenvalue weighted by Gasteiger charge is -2.24. The first-order chi connectivity index (χ1) is 28.3. The number of carbonyl (C=O) groups excluding carboxylic acids is 3. The highest BCUT2D eigenvalue weighted by Crippen LogP contribution is 2.47. The maximum absolute atomic E-state index is 14.6. The fraction of sp³-hybridized carbons (Fsp3) is 0.217. The lowest BCUT2D eigenvalue weighted by molar-refractivity contribution is -0.150. The van der Waals surface area contributed by atoms with Gasteiger partial charge in [-0.2, -0.15) is 0 Å². The minimum absolute atomic E-state index is 0.00478. The van der Waals surface area contributed by atoms with E-state index < -0.39 is 44.2 Å². The van der Waals surface area contributed by atoms with Gasteiger partial charge in [0.1, 0.15) is 34.5 Å². The van der Waals surface area contributed by atoms with Crippen LogP contribution in [-0.2, 0) is 20.6 Å². The summed E-state index contributed by atoms with van der Waals surface area (Å²) in [6, 6.07) is 37.3. The number of aromatic nitrogens is 1. The summed E-state index contributed by atoms with van der Waals surface area (Å²) in [5.41, 5.74) is 2.53. The van der Waals surface area contributed by atoms with Crippen molar-refractivity contribution in [3.8, 4) is 17.2 Å². The number of carbonyl (C=O) groups is 3. The van der Waals surface area contributed by atoms with Gasteiger partial charge in [-0.25, -0.2) is 9.18 Å². The first-order valence-corrected chi connectivity index (χ1v) is 20.5. The van der Waals surface area contributed by atoms with E-state index in [0.29, 0.717) is 22.2 Å². The molecule has 2 unspecified atom stereocenters. The normalized spacial score (nSPS) is 13.0. The first-order valence-electron chi connectivity index (χ1n) is 19.1. The van der Waals surface area contributed by atoms with Gasteiger partial charge in [-0.05, 0) is 66.9 Å². The second-order valence-electron chi connectivity index (χ2n) is 12.8. The minimum Gasteiger partial charge on any atom is -0.491 e. The fourth-order valence-electron chi connectivity index (χ4n) is 6.32. The molecule has 1 aliphatic rings. The average Bonchev–Trinajstić information content (AvgIpc) is 3.50. The van der Waals surface area contributed by atoms with E-state index >= 15 is 0 Å². The van der Waals surface area contributed by atoms with Crippen LogP contribution in [-0.4, -0.2) is 53.1 Å². The average molecular weight is 803 g/mol. The van der Waals surface area contributed by atoms with Crippen LogP contribution in [0.4, 0.5) is 4.39 Å². The van der Waals surface area contributed by atoms with Gasteiger partial charge in [0, 0.05) is 11.6 Å². The van der Waals surface area contributed by atoms with Gasteiger partial charge in [-0.15, -0.1) is 0 Å². The highest BCUT2D eigenvalue weighted by atomic mass is 31.2. The Morgan fingerprint density at radius 3 is 1.97 bits per heavy atom. The van der Waals surface area contributed by atoms with Crippen molar-refractivity contribution in [2.24, 2.45) is 0 Å². The molecule has 2 atom stereocenters. The SMILES string of the molecule is CC.CCOC(=O)C(C)OP(CCOc1c2c(c(OC(c3ccccc3)c3ccccc3)c3ncccc13)C(=O)N(Cc1ccc(F)cc1)C2=O)Oc1ccccc1. The van der Waals surface area contributed by atoms with E-state index in [1.165, 1.54) is 24.3 Å². The van der Waals surface area contributed by atoms with Crippen molar-refractivity contribution in [1.29, 1.82) is 0 Å². The van der Waals surface area contributed by atoms with Gasteiger partial charge in [-0.3, -0.25) is 19.5 Å². The summed E-state index contributed by atoms with van der Waals surface area (Å²) >= 11 is 0. The molecule has 1 aromatic heterocycles. The molecule has 0 spiro atoms. The number of fused-ring (bicyclic) bond motifs is 2. The van der Waals surface area contributed by atoms with Crippen LogP contribution in [0, 0.1) is 5.82 Å². The van der Waals surface area contributed by atoms with Crippen LogP contribution < -0.4 is 14.0 Å². The van der Waals surface area contributed by atoms with E-state index in [9.17, 15) is 18.8 Å². The van der Waals surface area contributed by atoms with Gasteiger partial charge in [0.15, 0.2) is 11.9 Å². The number of para-hydroxylation sites is 1. The maximum Gasteiger partial charge on any atom is 0.335 e. The minimum atomic E-state index is -1.76. The lowest BCUT2D eigenvalue weighted by atomic mass is 9.99. The molecule has 298 valence electrons. The number of amides is 2. The number of halogens is 1. The van der Waals surface area contributed by atoms with Gasteiger partial charge in [0.2, 0.25) is 8.38 Å². The molecule has 12 heteroatoms. The van der Waals surface area contributed by atoms with E-state index in [4.69, 9.17) is 23.3 Å². The molecule has 0 aliphatic carbocycles. The van der Waals surface area contributed by atoms with Gasteiger partial charge < -0.3 is 23.3 Å². The van der Waals surface area contributed by atoms with Crippen LogP contribution in [0.1, 0.15) is 71.2 Å². The van der Waals surface area contributed by atoms with E-state index in [1.54, 1.807) is 44.3 Å². The molecule has 2 amide bonds. The highest BCUT2D eigenvalue weighted by Gasteiger charge is 2.44. The topological polar surface area (TPSA) is 113 Å². The maximum atomic E-state index is 14.6. The van der Waals surface area contributed by atoms with Crippen LogP contribution >= 0.6 is 8.38 Å². The number of benzene rings is 5. The van der Waals surface area contributed by atoms with Crippen molar-refractivity contribution >= 4 is 37.1 Å². The predicted molar refractivity (Wildman–Crippen MR) is 221 cm³/mol. The van der Waals surface area contributed by atoms with E-state index in [-0.39, 0.29) is 48.5 Å². The van der Waals surface area contributed by atoms with Gasteiger partial charge in [-0.1, -0.05) is 105 Å². The predicted octanol–water partition coefficient (Wildman–Crippen LogP) is 10.1. The molecule has 0 saturated carbocycles. The second-order valence-corrected chi connectivity index (χ2v) is 14.3. The first kappa shape index (κ1) is 41.5. The molecule has 0 radical (unpaired) electrons. The van der Waals surface area contributed by atoms with Crippen LogP contribution in [0.25, 0.3) is 10.9 Å². The van der Waals surface area contributed by atoms with Crippen molar-refractivity contribution in [3.63, 3.8) is 0 Å². The largest absolute Gasteiger partial charge is 0.491 e. The van der Waals surface area contributed by atoms with E-state index in [1.807, 2.05) is 92.7 Å². The van der Waals surface area contributed by atoms with Crippen molar-refractivity contribution in [3.05, 3.63) is 167 Å². The molecule has 6 aromatic rings. The molecule has 10 nitrogen and oxygen atoms in total. The quantitative estimate of drug-likeness (QED) is 0.0536. The molecule has 58 heavy (non-hydrogen) atoms. The summed E-state index contributed by atoms with van der Waals surface area (Å²) in [4.78, 5) is 47.4. The third-order valence-electron chi connectivity index (χ3n) is 8.95. The molecule has 0 saturated heterocycles. The van der Waals surface area contributed by atoms with Crippen LogP contribution in [0.15, 0.2) is 134 Å². The molecule has 7 rings (SSSR count). The molecule has 0 bridgehead atoms. The van der Waals surface area contributed by atoms with Gasteiger partial charge in [0.05, 0.1) is 31.5 Å². The zero-order chi connectivity index (χ0) is 41.0. The molecule has 0 N–H and O–H groups in total. The Labute approximate surface area is 338 Å². The Kier molecular flexibility index (Phi) is 14.2. The third kappa shape index (κ3) is 9.50. The Balaban J connectivity index is 0.00000279. The Morgan fingerprint density at radius 2 is 1.36 bits per heavy atom. The van der Waals surface area contributed by atoms with Gasteiger partial charge >= 0.3 is 5.97 Å². The lowest BCUT2D eigenvalue weighted by Crippen LogP contribution is -2.29. The number of nitrogens with zero attached hydrogens (tertiary/aromatic N) is 2. The monoisotopic (exact) mass is 802 g/mol. The number of imide groups is 1. The third-order valence-corrected chi connectivity index (χ3v) is 10.5. The Morgan fingerprint density at radius 1 is 0.776 bits per heavy atom. The van der Waals surface area contributed by atoms with Crippen LogP contribution in [0.2, 0.25) is 0 Å². The number of hydrogen-bond acceptors (Lipinski definition) is 9. The molecule has 1 aliphatic heterocycles. The Hall–Kier alpha value is -6.16. The number of pyridine rings is 1. The second kappa shape index (κ2) is 19.8. The number of rotatable bonds is 16. The van der Waals surface area contributed by atoms with E-state index in [2.05, 4.69) is 4.98 Å².